The maximum absolute atomic E-state index is 12.7. The van der Waals surface area contributed by atoms with Crippen LogP contribution in [0.15, 0.2) is 60.7 Å². The predicted octanol–water partition coefficient (Wildman–Crippen LogP) is 1.62. The minimum Gasteiger partial charge on any atom is -0.479 e. The zero-order chi connectivity index (χ0) is 26.1. The molecule has 0 saturated carbocycles. The van der Waals surface area contributed by atoms with Gasteiger partial charge >= 0.3 is 24.0 Å². The molecule has 0 heterocycles. The number of aliphatic carboxylic acids is 2. The first-order valence-corrected chi connectivity index (χ1v) is 10.3. The molecule has 35 heavy (non-hydrogen) atoms. The summed E-state index contributed by atoms with van der Waals surface area (Å²) in [6, 6.07) is 9.00. The van der Waals surface area contributed by atoms with E-state index in [4.69, 9.17) is 11.5 Å². The molecular weight excluding hydrogens is 460 g/mol. The Balaban J connectivity index is 2.17. The van der Waals surface area contributed by atoms with Crippen molar-refractivity contribution < 1.29 is 39.0 Å². The third-order valence-electron chi connectivity index (χ3n) is 5.01. The predicted molar refractivity (Wildman–Crippen MR) is 120 cm³/mol. The van der Waals surface area contributed by atoms with E-state index in [0.29, 0.717) is 9.80 Å². The molecule has 0 spiro atoms. The van der Waals surface area contributed by atoms with Gasteiger partial charge in [-0.25, -0.2) is 29.0 Å². The lowest BCUT2D eigenvalue weighted by Crippen LogP contribution is -2.47. The van der Waals surface area contributed by atoms with Gasteiger partial charge in [0.05, 0.1) is 0 Å². The van der Waals surface area contributed by atoms with Gasteiger partial charge < -0.3 is 21.7 Å². The van der Waals surface area contributed by atoms with E-state index in [-0.39, 0.29) is 17.5 Å². The molecule has 6 N–H and O–H groups in total. The lowest BCUT2D eigenvalue weighted by Gasteiger charge is -2.27. The zero-order valence-corrected chi connectivity index (χ0v) is 18.4. The number of carboxylic acid groups (broad SMARTS) is 2. The Hall–Kier alpha value is -4.74. The second-order valence-electron chi connectivity index (χ2n) is 7.36. The van der Waals surface area contributed by atoms with E-state index >= 15 is 0 Å². The number of hydrogen-bond donors (Lipinski definition) is 4. The van der Waals surface area contributed by atoms with Crippen LogP contribution in [0.1, 0.15) is 42.5 Å². The quantitative estimate of drug-likeness (QED) is 0.389. The summed E-state index contributed by atoms with van der Waals surface area (Å²) in [5.41, 5.74) is 10.8. The van der Waals surface area contributed by atoms with Crippen LogP contribution in [0.5, 0.6) is 0 Å². The Labute approximate surface area is 199 Å². The summed E-state index contributed by atoms with van der Waals surface area (Å²) in [7, 11) is 0. The molecule has 0 radical (unpaired) electrons. The van der Waals surface area contributed by atoms with E-state index in [2.05, 4.69) is 0 Å². The summed E-state index contributed by atoms with van der Waals surface area (Å²) in [5.74, 6) is -4.92. The third-order valence-corrected chi connectivity index (χ3v) is 5.01. The van der Waals surface area contributed by atoms with Gasteiger partial charge in [-0.1, -0.05) is 60.7 Å². The van der Waals surface area contributed by atoms with E-state index in [0.717, 1.165) is 0 Å². The van der Waals surface area contributed by atoms with Gasteiger partial charge in [0, 0.05) is 12.8 Å². The SMILES string of the molecule is NC(=O)N(C(=O)CCCC(=O)N(C(N)=O)C(C(=O)O)c1ccccc1)C(C(=O)O)c1ccccc1. The van der Waals surface area contributed by atoms with Crippen molar-refractivity contribution in [3.05, 3.63) is 71.8 Å². The van der Waals surface area contributed by atoms with Gasteiger partial charge in [-0.15, -0.1) is 0 Å². The van der Waals surface area contributed by atoms with Crippen molar-refractivity contribution in [3.8, 4) is 0 Å². The van der Waals surface area contributed by atoms with Crippen molar-refractivity contribution in [2.45, 2.75) is 31.3 Å². The van der Waals surface area contributed by atoms with Gasteiger partial charge in [0.25, 0.3) is 0 Å². The molecule has 0 bridgehead atoms. The number of urea groups is 2. The Morgan fingerprint density at radius 3 is 1.20 bits per heavy atom. The number of carbonyl (C=O) groups excluding carboxylic acids is 4. The number of amides is 6. The van der Waals surface area contributed by atoms with Gasteiger partial charge in [0.2, 0.25) is 11.8 Å². The molecular formula is C23H24N4O8. The first-order chi connectivity index (χ1) is 16.6. The highest BCUT2D eigenvalue weighted by Gasteiger charge is 2.36. The molecule has 2 rings (SSSR count). The van der Waals surface area contributed by atoms with E-state index in [1.807, 2.05) is 0 Å². The van der Waals surface area contributed by atoms with Crippen molar-refractivity contribution in [1.82, 2.24) is 9.80 Å². The minimum atomic E-state index is -1.69. The highest BCUT2D eigenvalue weighted by atomic mass is 16.4. The Morgan fingerprint density at radius 1 is 0.629 bits per heavy atom. The fourth-order valence-corrected chi connectivity index (χ4v) is 3.49. The highest BCUT2D eigenvalue weighted by molar-refractivity contribution is 6.00. The van der Waals surface area contributed by atoms with Gasteiger partial charge in [-0.3, -0.25) is 9.59 Å². The van der Waals surface area contributed by atoms with E-state index in [1.54, 1.807) is 12.1 Å². The van der Waals surface area contributed by atoms with Crippen molar-refractivity contribution in [2.75, 3.05) is 0 Å². The molecule has 12 nitrogen and oxygen atoms in total. The number of nitrogens with zero attached hydrogens (tertiary/aromatic N) is 2. The molecule has 2 aromatic rings. The Kier molecular flexibility index (Phi) is 9.04. The highest BCUT2D eigenvalue weighted by Crippen LogP contribution is 2.24. The third kappa shape index (κ3) is 6.63. The standard InChI is InChI=1S/C23H24N4O8/c24-22(34)26(18(20(30)31)14-8-3-1-4-9-14)16(28)12-7-13-17(29)27(23(25)35)19(21(32)33)15-10-5-2-6-11-15/h1-6,8-11,18-19H,7,12-13H2,(H2,24,34)(H2,25,35)(H,30,31)(H,32,33). The topological polar surface area (TPSA) is 201 Å². The molecule has 2 aromatic carbocycles. The molecule has 184 valence electrons. The molecule has 2 atom stereocenters. The summed E-state index contributed by atoms with van der Waals surface area (Å²) in [5, 5.41) is 19.2. The van der Waals surface area contributed by atoms with Gasteiger partial charge in [0.15, 0.2) is 12.1 Å². The number of rotatable bonds is 10. The molecule has 0 aliphatic rings. The number of nitrogens with two attached hydrogens (primary N) is 2. The fraction of sp³-hybridized carbons (Fsp3) is 0.217. The largest absolute Gasteiger partial charge is 0.479 e. The average molecular weight is 484 g/mol. The lowest BCUT2D eigenvalue weighted by atomic mass is 10.0. The van der Waals surface area contributed by atoms with Crippen molar-refractivity contribution in [2.24, 2.45) is 11.5 Å². The zero-order valence-electron chi connectivity index (χ0n) is 18.4. The van der Waals surface area contributed by atoms with Gasteiger partial charge in [-0.05, 0) is 17.5 Å². The molecule has 6 amide bonds. The van der Waals surface area contributed by atoms with Crippen LogP contribution in [0.25, 0.3) is 0 Å². The summed E-state index contributed by atoms with van der Waals surface area (Å²) in [6.45, 7) is 0. The van der Waals surface area contributed by atoms with Crippen molar-refractivity contribution in [3.63, 3.8) is 0 Å². The molecule has 0 fully saturated rings. The van der Waals surface area contributed by atoms with Crippen LogP contribution in [-0.2, 0) is 19.2 Å². The van der Waals surface area contributed by atoms with E-state index < -0.39 is 60.7 Å². The summed E-state index contributed by atoms with van der Waals surface area (Å²) in [6.07, 6.45) is -1.21. The molecule has 12 heteroatoms. The summed E-state index contributed by atoms with van der Waals surface area (Å²) in [4.78, 5) is 73.6. The number of carboxylic acids is 2. The molecule has 0 saturated heterocycles. The molecule has 0 aliphatic carbocycles. The van der Waals surface area contributed by atoms with Gasteiger partial charge in [-0.2, -0.15) is 0 Å². The second kappa shape index (κ2) is 11.9. The normalized spacial score (nSPS) is 12.1. The van der Waals surface area contributed by atoms with Crippen molar-refractivity contribution in [1.29, 1.82) is 0 Å². The average Bonchev–Trinajstić information content (AvgIpc) is 2.80. The van der Waals surface area contributed by atoms with Crippen LogP contribution in [-0.4, -0.2) is 55.8 Å². The smallest absolute Gasteiger partial charge is 0.331 e. The summed E-state index contributed by atoms with van der Waals surface area (Å²) < 4.78 is 0. The number of carbonyl (C=O) groups is 6. The molecule has 0 aromatic heterocycles. The van der Waals surface area contributed by atoms with Crippen LogP contribution in [0.2, 0.25) is 0 Å². The first kappa shape index (κ1) is 26.5. The van der Waals surface area contributed by atoms with Crippen LogP contribution in [0.3, 0.4) is 0 Å². The van der Waals surface area contributed by atoms with E-state index in [1.165, 1.54) is 48.5 Å². The number of primary amides is 2. The molecule has 0 aliphatic heterocycles. The molecule has 2 unspecified atom stereocenters. The Bertz CT molecular complexity index is 1020. The lowest BCUT2D eigenvalue weighted by molar-refractivity contribution is -0.148. The second-order valence-corrected chi connectivity index (χ2v) is 7.36. The number of hydrogen-bond acceptors (Lipinski definition) is 6. The summed E-state index contributed by atoms with van der Waals surface area (Å²) >= 11 is 0. The minimum absolute atomic E-state index is 0.135. The number of benzene rings is 2. The van der Waals surface area contributed by atoms with Crippen LogP contribution in [0.4, 0.5) is 9.59 Å². The number of imide groups is 2. The maximum atomic E-state index is 12.7. The van der Waals surface area contributed by atoms with Crippen LogP contribution in [0, 0.1) is 0 Å². The van der Waals surface area contributed by atoms with Crippen LogP contribution >= 0.6 is 0 Å². The van der Waals surface area contributed by atoms with Crippen LogP contribution < -0.4 is 11.5 Å². The van der Waals surface area contributed by atoms with Gasteiger partial charge in [0.1, 0.15) is 0 Å². The van der Waals surface area contributed by atoms with Crippen molar-refractivity contribution >= 4 is 35.8 Å². The Morgan fingerprint density at radius 2 is 0.943 bits per heavy atom. The monoisotopic (exact) mass is 484 g/mol. The first-order valence-electron chi connectivity index (χ1n) is 10.3. The van der Waals surface area contributed by atoms with E-state index in [9.17, 15) is 39.0 Å². The fourth-order valence-electron chi connectivity index (χ4n) is 3.49. The maximum Gasteiger partial charge on any atom is 0.331 e.